The molecular weight excluding hydrogens is 566 g/mol. The number of allylic oxidation sites excluding steroid dienone is 1. The number of carbonyl (C=O) groups is 5. The van der Waals surface area contributed by atoms with E-state index < -0.39 is 60.4 Å². The fourth-order valence-electron chi connectivity index (χ4n) is 5.14. The van der Waals surface area contributed by atoms with Gasteiger partial charge >= 0.3 is 11.9 Å². The van der Waals surface area contributed by atoms with Crippen LogP contribution in [0, 0.1) is 17.8 Å². The maximum atomic E-state index is 13.4. The van der Waals surface area contributed by atoms with Crippen molar-refractivity contribution in [2.75, 3.05) is 20.7 Å². The van der Waals surface area contributed by atoms with E-state index in [1.54, 1.807) is 6.92 Å². The van der Waals surface area contributed by atoms with Crippen LogP contribution in [0.15, 0.2) is 24.4 Å². The lowest BCUT2D eigenvalue weighted by Gasteiger charge is -2.31. The van der Waals surface area contributed by atoms with Crippen molar-refractivity contribution in [2.45, 2.75) is 117 Å². The Morgan fingerprint density at radius 3 is 2.09 bits per heavy atom. The van der Waals surface area contributed by atoms with E-state index in [1.165, 1.54) is 51.6 Å². The van der Waals surface area contributed by atoms with Gasteiger partial charge in [0.2, 0.25) is 17.7 Å². The average molecular weight is 622 g/mol. The molecule has 0 spiro atoms. The largest absolute Gasteiger partial charge is 0.467 e. The van der Waals surface area contributed by atoms with Gasteiger partial charge in [-0.25, -0.2) is 9.59 Å². The van der Waals surface area contributed by atoms with Gasteiger partial charge in [0.15, 0.2) is 12.1 Å². The van der Waals surface area contributed by atoms with Crippen molar-refractivity contribution in [3.05, 3.63) is 24.4 Å². The molecule has 0 aromatic rings. The topological polar surface area (TPSA) is 151 Å². The highest BCUT2D eigenvalue weighted by molar-refractivity contribution is 5.94. The lowest BCUT2D eigenvalue weighted by molar-refractivity contribution is -0.169. The number of hydrogen-bond donors (Lipinski definition) is 3. The predicted octanol–water partition coefficient (Wildman–Crippen LogP) is 3.79. The van der Waals surface area contributed by atoms with Gasteiger partial charge in [0.25, 0.3) is 0 Å². The first-order chi connectivity index (χ1) is 20.8. The van der Waals surface area contributed by atoms with Crippen molar-refractivity contribution in [1.29, 1.82) is 0 Å². The maximum Gasteiger partial charge on any atom is 0.337 e. The van der Waals surface area contributed by atoms with Gasteiger partial charge in [-0.3, -0.25) is 14.4 Å². The zero-order chi connectivity index (χ0) is 33.2. The summed E-state index contributed by atoms with van der Waals surface area (Å²) in [5, 5.41) is 15.4. The van der Waals surface area contributed by atoms with Crippen molar-refractivity contribution < 1.29 is 38.6 Å². The number of nitrogens with zero attached hydrogens (tertiary/aromatic N) is 1. The first-order valence-electron chi connectivity index (χ1n) is 16.0. The molecule has 0 fully saturated rings. The highest BCUT2D eigenvalue weighted by atomic mass is 16.6. The molecule has 0 aromatic carbocycles. The number of aliphatic hydroxyl groups excluding tert-OH is 1. The minimum Gasteiger partial charge on any atom is -0.467 e. The van der Waals surface area contributed by atoms with Crippen LogP contribution in [0.3, 0.4) is 0 Å². The second-order valence-corrected chi connectivity index (χ2v) is 12.4. The number of unbranched alkanes of at least 4 members (excludes halogenated alkanes) is 8. The summed E-state index contributed by atoms with van der Waals surface area (Å²) in [5.41, 5.74) is 0.152. The van der Waals surface area contributed by atoms with Crippen molar-refractivity contribution in [3.63, 3.8) is 0 Å². The van der Waals surface area contributed by atoms with E-state index in [1.807, 2.05) is 6.92 Å². The van der Waals surface area contributed by atoms with E-state index in [0.29, 0.717) is 6.42 Å². The Kier molecular flexibility index (Phi) is 18.3. The van der Waals surface area contributed by atoms with Gasteiger partial charge in [0.05, 0.1) is 19.6 Å². The van der Waals surface area contributed by atoms with Crippen LogP contribution in [0.2, 0.25) is 0 Å². The van der Waals surface area contributed by atoms with E-state index in [-0.39, 0.29) is 11.6 Å². The number of amides is 3. The Hall–Kier alpha value is -3.21. The lowest BCUT2D eigenvalue weighted by Crippen LogP contribution is -2.56. The highest BCUT2D eigenvalue weighted by Crippen LogP contribution is 2.25. The number of likely N-dealkylation sites (N-methyl/N-ethyl adjacent to an activating group) is 1. The molecule has 1 aliphatic rings. The lowest BCUT2D eigenvalue weighted by atomic mass is 9.88. The first-order valence-corrected chi connectivity index (χ1v) is 16.0. The molecule has 3 amide bonds. The zero-order valence-corrected chi connectivity index (χ0v) is 27.6. The summed E-state index contributed by atoms with van der Waals surface area (Å²) in [7, 11) is 2.38. The molecule has 0 saturated heterocycles. The van der Waals surface area contributed by atoms with E-state index in [0.717, 1.165) is 49.7 Å². The fraction of sp³-hybridized carbons (Fsp3) is 0.727. The van der Waals surface area contributed by atoms with Crippen LogP contribution >= 0.6 is 0 Å². The molecule has 1 heterocycles. The molecule has 0 bridgehead atoms. The van der Waals surface area contributed by atoms with E-state index in [9.17, 15) is 29.1 Å². The Bertz CT molecular complexity index is 996. The van der Waals surface area contributed by atoms with Gasteiger partial charge in [-0.15, -0.1) is 0 Å². The normalized spacial score (nSPS) is 22.8. The Balaban J connectivity index is 2.96. The van der Waals surface area contributed by atoms with Crippen molar-refractivity contribution >= 4 is 29.7 Å². The minimum absolute atomic E-state index is 0.152. The number of ether oxygens (including phenoxy) is 2. The number of esters is 2. The Morgan fingerprint density at radius 1 is 1.00 bits per heavy atom. The molecule has 11 nitrogen and oxygen atoms in total. The number of rotatable bonds is 15. The quantitative estimate of drug-likeness (QED) is 0.185. The highest BCUT2D eigenvalue weighted by Gasteiger charge is 2.40. The van der Waals surface area contributed by atoms with Crippen LogP contribution in [-0.4, -0.2) is 78.6 Å². The average Bonchev–Trinajstić information content (AvgIpc) is 2.97. The fourth-order valence-corrected chi connectivity index (χ4v) is 5.14. The standard InChI is InChI=1S/C33H55N3O8/c1-22(2)17-15-13-11-9-8-10-12-14-16-18-23(3)30-25(5)31(40)34-24(4)19-20-27(38)36(6)21-26(37)35-28(32(41)44-30)29(39)33(42)43-7/h19-20,22-23,25,28-30,39H,4,8-18,21H2,1-3,5-7H3,(H,34,40)(H,35,37)/b20-19+/t23-,25+,28-,29-,30+/m1/s1. The summed E-state index contributed by atoms with van der Waals surface area (Å²) in [6.07, 6.45) is 11.9. The molecule has 1 aliphatic heterocycles. The third-order valence-corrected chi connectivity index (χ3v) is 7.96. The molecule has 11 heteroatoms. The number of nitrogens with one attached hydrogen (secondary N) is 2. The Labute approximate surface area is 263 Å². The van der Waals surface area contributed by atoms with Crippen LogP contribution < -0.4 is 10.6 Å². The van der Waals surface area contributed by atoms with Crippen molar-refractivity contribution in [2.24, 2.45) is 17.8 Å². The van der Waals surface area contributed by atoms with Gasteiger partial charge in [0.1, 0.15) is 6.10 Å². The molecule has 0 saturated carbocycles. The Morgan fingerprint density at radius 2 is 1.55 bits per heavy atom. The number of aliphatic hydroxyl groups is 1. The summed E-state index contributed by atoms with van der Waals surface area (Å²) in [6, 6.07) is -1.82. The molecule has 5 atom stereocenters. The number of methoxy groups -OCH3 is 1. The number of carbonyl (C=O) groups excluding carboxylic acids is 5. The summed E-state index contributed by atoms with van der Waals surface area (Å²) < 4.78 is 10.3. The monoisotopic (exact) mass is 621 g/mol. The molecule has 44 heavy (non-hydrogen) atoms. The van der Waals surface area contributed by atoms with Gasteiger partial charge in [-0.05, 0) is 24.3 Å². The SMILES string of the molecule is C=C1/C=C/C(=O)N(C)CC(=O)N[C@H]([C@@H](O)C(=O)OC)C(=O)O[C@@H]([C@H](C)CCCCCCCCCCCC(C)C)[C@H](C)C(=O)N1. The summed E-state index contributed by atoms with van der Waals surface area (Å²) in [5.74, 6) is -4.47. The number of cyclic esters (lactones) is 1. The number of hydrogen-bond acceptors (Lipinski definition) is 8. The molecule has 0 unspecified atom stereocenters. The molecule has 0 aromatic heterocycles. The summed E-state index contributed by atoms with van der Waals surface area (Å²) >= 11 is 0. The van der Waals surface area contributed by atoms with Crippen LogP contribution in [0.5, 0.6) is 0 Å². The summed E-state index contributed by atoms with van der Waals surface area (Å²) in [4.78, 5) is 64.8. The van der Waals surface area contributed by atoms with Crippen LogP contribution in [-0.2, 0) is 33.4 Å². The maximum absolute atomic E-state index is 13.4. The van der Waals surface area contributed by atoms with Crippen LogP contribution in [0.4, 0.5) is 0 Å². The van der Waals surface area contributed by atoms with Crippen LogP contribution in [0.25, 0.3) is 0 Å². The second-order valence-electron chi connectivity index (χ2n) is 12.4. The minimum atomic E-state index is -2.07. The molecule has 0 radical (unpaired) electrons. The molecule has 3 N–H and O–H groups in total. The van der Waals surface area contributed by atoms with Gasteiger partial charge < -0.3 is 30.1 Å². The smallest absolute Gasteiger partial charge is 0.337 e. The van der Waals surface area contributed by atoms with E-state index in [4.69, 9.17) is 4.74 Å². The zero-order valence-electron chi connectivity index (χ0n) is 27.6. The van der Waals surface area contributed by atoms with Crippen molar-refractivity contribution in [3.8, 4) is 0 Å². The summed E-state index contributed by atoms with van der Waals surface area (Å²) in [6.45, 7) is 11.3. The molecule has 250 valence electrons. The molecular formula is C33H55N3O8. The van der Waals surface area contributed by atoms with E-state index in [2.05, 4.69) is 35.8 Å². The third-order valence-electron chi connectivity index (χ3n) is 7.96. The van der Waals surface area contributed by atoms with Gasteiger partial charge in [-0.1, -0.05) is 98.5 Å². The van der Waals surface area contributed by atoms with Crippen LogP contribution in [0.1, 0.15) is 98.3 Å². The van der Waals surface area contributed by atoms with Gasteiger partial charge in [-0.2, -0.15) is 0 Å². The first kappa shape index (κ1) is 38.8. The van der Waals surface area contributed by atoms with Crippen molar-refractivity contribution in [1.82, 2.24) is 15.5 Å². The van der Waals surface area contributed by atoms with E-state index >= 15 is 0 Å². The third kappa shape index (κ3) is 14.5. The second kappa shape index (κ2) is 20.7. The molecule has 0 aliphatic carbocycles. The molecule has 1 rings (SSSR count). The van der Waals surface area contributed by atoms with Gasteiger partial charge in [0, 0.05) is 18.8 Å². The predicted molar refractivity (Wildman–Crippen MR) is 168 cm³/mol.